The lowest BCUT2D eigenvalue weighted by Crippen LogP contribution is -2.05. The Morgan fingerprint density at radius 2 is 1.88 bits per heavy atom. The highest BCUT2D eigenvalue weighted by Gasteiger charge is 2.12. The van der Waals surface area contributed by atoms with E-state index in [-0.39, 0.29) is 5.63 Å². The van der Waals surface area contributed by atoms with Crippen LogP contribution in [-0.2, 0) is 12.8 Å². The van der Waals surface area contributed by atoms with E-state index in [2.05, 4.69) is 32.6 Å². The van der Waals surface area contributed by atoms with Crippen LogP contribution < -0.4 is 10.4 Å². The second kappa shape index (κ2) is 6.75. The highest BCUT2D eigenvalue weighted by Crippen LogP contribution is 2.27. The second-order valence-corrected chi connectivity index (χ2v) is 5.63. The summed E-state index contributed by atoms with van der Waals surface area (Å²) in [6.45, 7) is 7.75. The highest BCUT2D eigenvalue weighted by atomic mass is 16.5. The summed E-state index contributed by atoms with van der Waals surface area (Å²) in [6.07, 6.45) is 3.19. The van der Waals surface area contributed by atoms with Crippen molar-refractivity contribution >= 4 is 11.0 Å². The van der Waals surface area contributed by atoms with Gasteiger partial charge in [-0.05, 0) is 47.7 Å². The molecule has 0 spiro atoms. The van der Waals surface area contributed by atoms with Crippen molar-refractivity contribution in [1.82, 2.24) is 0 Å². The summed E-state index contributed by atoms with van der Waals surface area (Å²) in [7, 11) is 0. The largest absolute Gasteiger partial charge is 0.465 e. The number of rotatable bonds is 5. The maximum atomic E-state index is 12.5. The molecule has 0 N–H and O–H groups in total. The van der Waals surface area contributed by atoms with Crippen LogP contribution in [0.2, 0.25) is 0 Å². The third kappa shape index (κ3) is 2.98. The Morgan fingerprint density at radius 3 is 2.58 bits per heavy atom. The molecule has 0 atom stereocenters. The molecular formula is C21H20O3. The van der Waals surface area contributed by atoms with Gasteiger partial charge in [-0.25, -0.2) is 4.79 Å². The Labute approximate surface area is 141 Å². The van der Waals surface area contributed by atoms with Crippen molar-refractivity contribution in [2.24, 2.45) is 0 Å². The molecule has 0 radical (unpaired) electrons. The SMILES string of the molecule is C=COc1ccc2cc(-c3ccc(CC)cc3CC)c(=O)oc2c1. The average molecular weight is 320 g/mol. The topological polar surface area (TPSA) is 39.4 Å². The Balaban J connectivity index is 2.17. The van der Waals surface area contributed by atoms with Crippen molar-refractivity contribution in [2.45, 2.75) is 26.7 Å². The van der Waals surface area contributed by atoms with Crippen LogP contribution in [0, 0.1) is 0 Å². The molecule has 3 nitrogen and oxygen atoms in total. The summed E-state index contributed by atoms with van der Waals surface area (Å²) < 4.78 is 10.8. The molecule has 1 heterocycles. The van der Waals surface area contributed by atoms with Gasteiger partial charge in [-0.2, -0.15) is 0 Å². The molecule has 3 aromatic rings. The van der Waals surface area contributed by atoms with Crippen LogP contribution in [0.3, 0.4) is 0 Å². The summed E-state index contributed by atoms with van der Waals surface area (Å²) in [4.78, 5) is 12.5. The first-order valence-corrected chi connectivity index (χ1v) is 8.14. The van der Waals surface area contributed by atoms with Crippen molar-refractivity contribution < 1.29 is 9.15 Å². The van der Waals surface area contributed by atoms with E-state index in [9.17, 15) is 4.79 Å². The zero-order valence-corrected chi connectivity index (χ0v) is 14.0. The summed E-state index contributed by atoms with van der Waals surface area (Å²) in [5.41, 5.74) is 4.14. The lowest BCUT2D eigenvalue weighted by atomic mass is 9.95. The van der Waals surface area contributed by atoms with Crippen molar-refractivity contribution in [2.75, 3.05) is 0 Å². The molecule has 0 fully saturated rings. The van der Waals surface area contributed by atoms with Gasteiger partial charge >= 0.3 is 5.63 Å². The normalized spacial score (nSPS) is 10.8. The third-order valence-electron chi connectivity index (χ3n) is 4.18. The highest BCUT2D eigenvalue weighted by molar-refractivity contribution is 5.83. The van der Waals surface area contributed by atoms with E-state index in [0.717, 1.165) is 29.4 Å². The summed E-state index contributed by atoms with van der Waals surface area (Å²) in [5, 5.41) is 0.864. The quantitative estimate of drug-likeness (QED) is 0.484. The molecule has 3 rings (SSSR count). The maximum absolute atomic E-state index is 12.5. The number of ether oxygens (including phenoxy) is 1. The first-order valence-electron chi connectivity index (χ1n) is 8.14. The van der Waals surface area contributed by atoms with Crippen molar-refractivity contribution in [3.63, 3.8) is 0 Å². The first-order chi connectivity index (χ1) is 11.7. The summed E-state index contributed by atoms with van der Waals surface area (Å²) in [5.74, 6) is 0.593. The molecule has 0 bridgehead atoms. The van der Waals surface area contributed by atoms with Crippen molar-refractivity contribution in [3.8, 4) is 16.9 Å². The van der Waals surface area contributed by atoms with E-state index in [0.29, 0.717) is 16.9 Å². The fourth-order valence-corrected chi connectivity index (χ4v) is 2.87. The molecule has 122 valence electrons. The van der Waals surface area contributed by atoms with Crippen LogP contribution in [0.15, 0.2) is 64.5 Å². The lowest BCUT2D eigenvalue weighted by Gasteiger charge is -2.10. The van der Waals surface area contributed by atoms with E-state index < -0.39 is 0 Å². The van der Waals surface area contributed by atoms with E-state index >= 15 is 0 Å². The molecule has 0 aliphatic rings. The number of aryl methyl sites for hydroxylation is 2. The number of benzene rings is 2. The van der Waals surface area contributed by atoms with Gasteiger partial charge in [0.05, 0.1) is 11.8 Å². The van der Waals surface area contributed by atoms with Crippen molar-refractivity contribution in [1.29, 1.82) is 0 Å². The van der Waals surface area contributed by atoms with Crippen molar-refractivity contribution in [3.05, 3.63) is 76.9 Å². The predicted octanol–water partition coefficient (Wildman–Crippen LogP) is 5.11. The molecule has 0 unspecified atom stereocenters. The van der Waals surface area contributed by atoms with Crippen LogP contribution in [-0.4, -0.2) is 0 Å². The third-order valence-corrected chi connectivity index (χ3v) is 4.18. The summed E-state index contributed by atoms with van der Waals surface area (Å²) >= 11 is 0. The van der Waals surface area contributed by atoms with E-state index in [1.54, 1.807) is 6.07 Å². The van der Waals surface area contributed by atoms with Crippen LogP contribution in [0.25, 0.3) is 22.1 Å². The molecule has 0 saturated heterocycles. The zero-order chi connectivity index (χ0) is 17.1. The molecular weight excluding hydrogens is 300 g/mol. The Hall–Kier alpha value is -2.81. The van der Waals surface area contributed by atoms with Gasteiger partial charge in [-0.1, -0.05) is 38.6 Å². The van der Waals surface area contributed by atoms with E-state index in [1.807, 2.05) is 24.3 Å². The van der Waals surface area contributed by atoms with Crippen LogP contribution in [0.4, 0.5) is 0 Å². The number of hydrogen-bond donors (Lipinski definition) is 0. The van der Waals surface area contributed by atoms with E-state index in [1.165, 1.54) is 11.8 Å². The molecule has 0 saturated carbocycles. The molecule has 2 aromatic carbocycles. The standard InChI is InChI=1S/C21H20O3/c1-4-14-7-10-18(15(5-2)11-14)19-12-16-8-9-17(23-6-3)13-20(16)24-21(19)22/h6-13H,3-5H2,1-2H3. The summed E-state index contributed by atoms with van der Waals surface area (Å²) in [6, 6.07) is 13.5. The maximum Gasteiger partial charge on any atom is 0.344 e. The van der Waals surface area contributed by atoms with Crippen LogP contribution in [0.5, 0.6) is 5.75 Å². The fraction of sp³-hybridized carbons (Fsp3) is 0.190. The smallest absolute Gasteiger partial charge is 0.344 e. The zero-order valence-electron chi connectivity index (χ0n) is 14.0. The van der Waals surface area contributed by atoms with Gasteiger partial charge in [0.25, 0.3) is 0 Å². The van der Waals surface area contributed by atoms with E-state index in [4.69, 9.17) is 9.15 Å². The van der Waals surface area contributed by atoms with Gasteiger partial charge in [0.15, 0.2) is 0 Å². The van der Waals surface area contributed by atoms with Gasteiger partial charge in [-0.15, -0.1) is 0 Å². The fourth-order valence-electron chi connectivity index (χ4n) is 2.87. The molecule has 0 aliphatic heterocycles. The minimum atomic E-state index is -0.336. The molecule has 1 aromatic heterocycles. The predicted molar refractivity (Wildman–Crippen MR) is 97.5 cm³/mol. The Bertz CT molecular complexity index is 951. The number of fused-ring (bicyclic) bond motifs is 1. The molecule has 24 heavy (non-hydrogen) atoms. The molecule has 0 aliphatic carbocycles. The van der Waals surface area contributed by atoms with Gasteiger partial charge in [0, 0.05) is 11.5 Å². The first kappa shape index (κ1) is 16.1. The Morgan fingerprint density at radius 1 is 1.04 bits per heavy atom. The molecule has 3 heteroatoms. The minimum Gasteiger partial charge on any atom is -0.465 e. The minimum absolute atomic E-state index is 0.336. The number of hydrogen-bond acceptors (Lipinski definition) is 3. The van der Waals surface area contributed by atoms with Gasteiger partial charge in [0.2, 0.25) is 0 Å². The van der Waals surface area contributed by atoms with Gasteiger partial charge in [0.1, 0.15) is 11.3 Å². The van der Waals surface area contributed by atoms with Crippen LogP contribution >= 0.6 is 0 Å². The van der Waals surface area contributed by atoms with Gasteiger partial charge < -0.3 is 9.15 Å². The monoisotopic (exact) mass is 320 g/mol. The van der Waals surface area contributed by atoms with Gasteiger partial charge in [-0.3, -0.25) is 0 Å². The molecule has 0 amide bonds. The second-order valence-electron chi connectivity index (χ2n) is 5.63. The average Bonchev–Trinajstić information content (AvgIpc) is 2.61. The lowest BCUT2D eigenvalue weighted by molar-refractivity contribution is 0.481. The van der Waals surface area contributed by atoms with Crippen LogP contribution in [0.1, 0.15) is 25.0 Å². The Kier molecular flexibility index (Phi) is 4.52.